The number of rotatable bonds is 3. The van der Waals surface area contributed by atoms with E-state index in [4.69, 9.17) is 0 Å². The summed E-state index contributed by atoms with van der Waals surface area (Å²) in [6.07, 6.45) is 6.29. The Labute approximate surface area is 77.9 Å². The van der Waals surface area contributed by atoms with Crippen molar-refractivity contribution >= 4 is 0 Å². The van der Waals surface area contributed by atoms with Crippen LogP contribution < -0.4 is 0 Å². The molecule has 0 aromatic carbocycles. The molecule has 0 bridgehead atoms. The number of hydrogen-bond donors (Lipinski definition) is 0. The maximum Gasteiger partial charge on any atom is 2.00 e. The van der Waals surface area contributed by atoms with E-state index < -0.39 is 0 Å². The summed E-state index contributed by atoms with van der Waals surface area (Å²) in [6, 6.07) is 0. The summed E-state index contributed by atoms with van der Waals surface area (Å²) in [6.45, 7) is 8.02. The molecular formula is C8H14Zr. The summed E-state index contributed by atoms with van der Waals surface area (Å²) in [5.41, 5.74) is 1.35. The Morgan fingerprint density at radius 1 is 1.44 bits per heavy atom. The fraction of sp³-hybridized carbons (Fsp3) is 0.625. The predicted molar refractivity (Wildman–Crippen MR) is 37.3 cm³/mol. The van der Waals surface area contributed by atoms with Crippen molar-refractivity contribution in [3.8, 4) is 0 Å². The van der Waals surface area contributed by atoms with Crippen molar-refractivity contribution in [3.05, 3.63) is 18.6 Å². The smallest absolute Gasteiger partial charge is 0.500 e. The minimum Gasteiger partial charge on any atom is -0.500 e. The molecule has 0 N–H and O–H groups in total. The van der Waals surface area contributed by atoms with Crippen LogP contribution in [0.1, 0.15) is 33.1 Å². The van der Waals surface area contributed by atoms with Gasteiger partial charge in [0.05, 0.1) is 0 Å². The third kappa shape index (κ3) is 6.51. The molecular weight excluding hydrogens is 187 g/mol. The van der Waals surface area contributed by atoms with Gasteiger partial charge in [-0.2, -0.15) is 12.8 Å². The Kier molecular flexibility index (Phi) is 11.8. The molecule has 1 heteroatoms. The zero-order valence-electron chi connectivity index (χ0n) is 6.33. The zero-order chi connectivity index (χ0) is 6.41. The van der Waals surface area contributed by atoms with Crippen molar-refractivity contribution in [1.82, 2.24) is 0 Å². The van der Waals surface area contributed by atoms with Crippen LogP contribution >= 0.6 is 0 Å². The van der Waals surface area contributed by atoms with Crippen molar-refractivity contribution in [3.63, 3.8) is 0 Å². The summed E-state index contributed by atoms with van der Waals surface area (Å²) in [5.74, 6) is 0. The average Bonchev–Trinajstić information content (AvgIpc) is 1.83. The molecule has 0 nitrogen and oxygen atoms in total. The molecule has 0 atom stereocenters. The van der Waals surface area contributed by atoms with Gasteiger partial charge >= 0.3 is 26.2 Å². The van der Waals surface area contributed by atoms with Gasteiger partial charge in [-0.15, -0.1) is 0 Å². The molecule has 0 unspecified atom stereocenters. The van der Waals surface area contributed by atoms with Crippen LogP contribution in [0.15, 0.2) is 5.57 Å². The number of hydrogen-bond acceptors (Lipinski definition) is 0. The van der Waals surface area contributed by atoms with Crippen molar-refractivity contribution in [2.45, 2.75) is 33.1 Å². The van der Waals surface area contributed by atoms with Crippen LogP contribution in [-0.4, -0.2) is 0 Å². The van der Waals surface area contributed by atoms with Crippen molar-refractivity contribution < 1.29 is 26.2 Å². The molecule has 0 aliphatic carbocycles. The molecule has 0 fully saturated rings. The SMILES string of the molecule is [CH2-]CC(=[C-]CC)CC.[Zr+2]. The van der Waals surface area contributed by atoms with Gasteiger partial charge in [0.25, 0.3) is 0 Å². The van der Waals surface area contributed by atoms with E-state index in [0.29, 0.717) is 0 Å². The van der Waals surface area contributed by atoms with Gasteiger partial charge in [0, 0.05) is 0 Å². The summed E-state index contributed by atoms with van der Waals surface area (Å²) < 4.78 is 0. The molecule has 50 valence electrons. The van der Waals surface area contributed by atoms with Crippen LogP contribution in [-0.2, 0) is 26.2 Å². The molecule has 0 aromatic heterocycles. The van der Waals surface area contributed by atoms with Crippen LogP contribution in [0.4, 0.5) is 0 Å². The topological polar surface area (TPSA) is 0 Å². The zero-order valence-corrected chi connectivity index (χ0v) is 8.79. The molecule has 0 aliphatic rings. The van der Waals surface area contributed by atoms with Gasteiger partial charge in [-0.3, -0.25) is 5.57 Å². The molecule has 0 spiro atoms. The maximum atomic E-state index is 3.78. The fourth-order valence-electron chi connectivity index (χ4n) is 0.640. The largest absolute Gasteiger partial charge is 2.00 e. The van der Waals surface area contributed by atoms with Crippen molar-refractivity contribution in [2.75, 3.05) is 0 Å². The molecule has 0 radical (unpaired) electrons. The molecule has 0 aromatic rings. The second kappa shape index (κ2) is 8.62. The maximum absolute atomic E-state index is 3.78. The van der Waals surface area contributed by atoms with Gasteiger partial charge < -0.3 is 13.0 Å². The van der Waals surface area contributed by atoms with Gasteiger partial charge in [-0.1, -0.05) is 20.3 Å². The fourth-order valence-corrected chi connectivity index (χ4v) is 0.640. The third-order valence-corrected chi connectivity index (χ3v) is 1.16. The molecule has 0 heterocycles. The van der Waals surface area contributed by atoms with E-state index in [1.807, 2.05) is 0 Å². The normalized spacial score (nSPS) is 10.8. The quantitative estimate of drug-likeness (QED) is 0.616. The van der Waals surface area contributed by atoms with Crippen LogP contribution in [0.5, 0.6) is 0 Å². The summed E-state index contributed by atoms with van der Waals surface area (Å²) in [4.78, 5) is 0. The van der Waals surface area contributed by atoms with Gasteiger partial charge in [0.2, 0.25) is 0 Å². The Bertz CT molecular complexity index is 68.6. The van der Waals surface area contributed by atoms with E-state index in [-0.39, 0.29) is 26.2 Å². The second-order valence-electron chi connectivity index (χ2n) is 1.74. The second-order valence-corrected chi connectivity index (χ2v) is 1.74. The van der Waals surface area contributed by atoms with Gasteiger partial charge in [-0.05, 0) is 0 Å². The van der Waals surface area contributed by atoms with E-state index in [9.17, 15) is 0 Å². The van der Waals surface area contributed by atoms with Crippen LogP contribution in [0, 0.1) is 13.0 Å². The first-order valence-electron chi connectivity index (χ1n) is 3.22. The minimum absolute atomic E-state index is 0. The third-order valence-electron chi connectivity index (χ3n) is 1.16. The Morgan fingerprint density at radius 2 is 2.00 bits per heavy atom. The Morgan fingerprint density at radius 3 is 2.11 bits per heavy atom. The first kappa shape index (κ1) is 12.3. The van der Waals surface area contributed by atoms with E-state index in [1.54, 1.807) is 0 Å². The predicted octanol–water partition coefficient (Wildman–Crippen LogP) is 2.76. The molecule has 0 rings (SSSR count). The molecule has 0 saturated heterocycles. The van der Waals surface area contributed by atoms with Gasteiger partial charge in [0.1, 0.15) is 0 Å². The molecule has 0 saturated carbocycles. The summed E-state index contributed by atoms with van der Waals surface area (Å²) in [7, 11) is 0. The standard InChI is InChI=1S/C8H14.Zr/c1-4-7-8(5-2)6-3;/h2,4-6H2,1,3H3;/q-2;+2. The van der Waals surface area contributed by atoms with Crippen LogP contribution in [0.2, 0.25) is 0 Å². The first-order chi connectivity index (χ1) is 3.85. The van der Waals surface area contributed by atoms with Crippen LogP contribution in [0.3, 0.4) is 0 Å². The van der Waals surface area contributed by atoms with Gasteiger partial charge in [0.15, 0.2) is 0 Å². The number of allylic oxidation sites excluding steroid dienone is 2. The van der Waals surface area contributed by atoms with E-state index in [2.05, 4.69) is 26.8 Å². The monoisotopic (exact) mass is 200 g/mol. The van der Waals surface area contributed by atoms with E-state index >= 15 is 0 Å². The van der Waals surface area contributed by atoms with Crippen LogP contribution in [0.25, 0.3) is 0 Å². The van der Waals surface area contributed by atoms with Crippen molar-refractivity contribution in [1.29, 1.82) is 0 Å². The molecule has 9 heavy (non-hydrogen) atoms. The first-order valence-corrected chi connectivity index (χ1v) is 3.22. The van der Waals surface area contributed by atoms with Crippen molar-refractivity contribution in [2.24, 2.45) is 0 Å². The Balaban J connectivity index is 0. The Hall–Kier alpha value is 0.623. The summed E-state index contributed by atoms with van der Waals surface area (Å²) >= 11 is 0. The molecule has 0 aliphatic heterocycles. The summed E-state index contributed by atoms with van der Waals surface area (Å²) in [5, 5.41) is 0. The molecule has 0 amide bonds. The van der Waals surface area contributed by atoms with Gasteiger partial charge in [-0.25, -0.2) is 0 Å². The average molecular weight is 201 g/mol. The van der Waals surface area contributed by atoms with E-state index in [1.165, 1.54) is 5.57 Å². The van der Waals surface area contributed by atoms with E-state index in [0.717, 1.165) is 19.3 Å². The minimum atomic E-state index is 0.